The SMILES string of the molecule is O=C(O)C=Cc1ccc([N+](=O)[O-])c(Cl)c1. The van der Waals surface area contributed by atoms with Gasteiger partial charge in [0.25, 0.3) is 5.69 Å². The average molecular weight is 228 g/mol. The number of aliphatic carboxylic acids is 1. The fourth-order valence-corrected chi connectivity index (χ4v) is 1.20. The summed E-state index contributed by atoms with van der Waals surface area (Å²) in [5.41, 5.74) is 0.289. The summed E-state index contributed by atoms with van der Waals surface area (Å²) in [6.07, 6.45) is 2.23. The number of hydrogen-bond acceptors (Lipinski definition) is 3. The first-order valence-corrected chi connectivity index (χ1v) is 4.23. The minimum atomic E-state index is -1.09. The molecule has 0 atom stereocenters. The van der Waals surface area contributed by atoms with Gasteiger partial charge in [-0.1, -0.05) is 11.6 Å². The molecular formula is C9H6ClNO4. The second kappa shape index (κ2) is 4.56. The van der Waals surface area contributed by atoms with E-state index in [1.54, 1.807) is 0 Å². The van der Waals surface area contributed by atoms with Crippen LogP contribution >= 0.6 is 11.6 Å². The van der Waals surface area contributed by atoms with E-state index in [2.05, 4.69) is 0 Å². The third-order valence-electron chi connectivity index (χ3n) is 1.59. The number of carboxylic acids is 1. The summed E-state index contributed by atoms with van der Waals surface area (Å²) in [4.78, 5) is 20.0. The van der Waals surface area contributed by atoms with Crippen molar-refractivity contribution in [2.45, 2.75) is 0 Å². The Morgan fingerprint density at radius 2 is 2.20 bits per heavy atom. The van der Waals surface area contributed by atoms with Gasteiger partial charge in [-0.15, -0.1) is 0 Å². The zero-order chi connectivity index (χ0) is 11.4. The summed E-state index contributed by atoms with van der Waals surface area (Å²) in [5, 5.41) is 18.7. The number of nitro benzene ring substituents is 1. The average Bonchev–Trinajstić information content (AvgIpc) is 2.14. The molecule has 0 fully saturated rings. The Morgan fingerprint density at radius 1 is 1.53 bits per heavy atom. The van der Waals surface area contributed by atoms with Crippen molar-refractivity contribution in [1.29, 1.82) is 0 Å². The highest BCUT2D eigenvalue weighted by Crippen LogP contribution is 2.25. The van der Waals surface area contributed by atoms with Crippen molar-refractivity contribution in [3.8, 4) is 0 Å². The van der Waals surface area contributed by atoms with Gasteiger partial charge in [0, 0.05) is 12.1 Å². The number of nitrogens with zero attached hydrogens (tertiary/aromatic N) is 1. The molecule has 0 radical (unpaired) electrons. The zero-order valence-corrected chi connectivity index (χ0v) is 8.14. The fourth-order valence-electron chi connectivity index (χ4n) is 0.942. The highest BCUT2D eigenvalue weighted by Gasteiger charge is 2.10. The van der Waals surface area contributed by atoms with E-state index in [9.17, 15) is 14.9 Å². The van der Waals surface area contributed by atoms with E-state index < -0.39 is 10.9 Å². The van der Waals surface area contributed by atoms with Crippen molar-refractivity contribution in [2.75, 3.05) is 0 Å². The van der Waals surface area contributed by atoms with Gasteiger partial charge in [-0.3, -0.25) is 10.1 Å². The molecule has 0 aliphatic rings. The molecule has 0 aromatic heterocycles. The lowest BCUT2D eigenvalue weighted by Crippen LogP contribution is -1.89. The van der Waals surface area contributed by atoms with Crippen molar-refractivity contribution >= 4 is 29.3 Å². The van der Waals surface area contributed by atoms with Crippen LogP contribution in [0.5, 0.6) is 0 Å². The maximum atomic E-state index is 10.4. The van der Waals surface area contributed by atoms with Gasteiger partial charge in [-0.05, 0) is 23.8 Å². The van der Waals surface area contributed by atoms with Gasteiger partial charge in [-0.25, -0.2) is 4.79 Å². The maximum absolute atomic E-state index is 10.4. The van der Waals surface area contributed by atoms with E-state index in [1.165, 1.54) is 24.3 Å². The van der Waals surface area contributed by atoms with Crippen molar-refractivity contribution in [3.05, 3.63) is 45.0 Å². The lowest BCUT2D eigenvalue weighted by atomic mass is 10.2. The summed E-state index contributed by atoms with van der Waals surface area (Å²) < 4.78 is 0. The van der Waals surface area contributed by atoms with E-state index in [-0.39, 0.29) is 10.7 Å². The van der Waals surface area contributed by atoms with E-state index in [1.807, 2.05) is 0 Å². The second-order valence-corrected chi connectivity index (χ2v) is 3.05. The monoisotopic (exact) mass is 227 g/mol. The molecule has 1 aromatic rings. The van der Waals surface area contributed by atoms with Crippen LogP contribution in [-0.4, -0.2) is 16.0 Å². The standard InChI is InChI=1S/C9H6ClNO4/c10-7-5-6(2-4-9(12)13)1-3-8(7)11(14)15/h1-5H,(H,12,13). The first-order valence-electron chi connectivity index (χ1n) is 3.85. The molecule has 0 amide bonds. The van der Waals surface area contributed by atoms with Gasteiger partial charge in [0.2, 0.25) is 0 Å². The Balaban J connectivity index is 3.01. The van der Waals surface area contributed by atoms with Gasteiger partial charge in [0.15, 0.2) is 0 Å². The van der Waals surface area contributed by atoms with Gasteiger partial charge < -0.3 is 5.11 Å². The summed E-state index contributed by atoms with van der Waals surface area (Å²) in [6.45, 7) is 0. The normalized spacial score (nSPS) is 10.5. The Morgan fingerprint density at radius 3 is 2.67 bits per heavy atom. The third-order valence-corrected chi connectivity index (χ3v) is 1.89. The smallest absolute Gasteiger partial charge is 0.328 e. The first kappa shape index (κ1) is 11.2. The summed E-state index contributed by atoms with van der Waals surface area (Å²) in [7, 11) is 0. The summed E-state index contributed by atoms with van der Waals surface area (Å²) in [5.74, 6) is -1.09. The van der Waals surface area contributed by atoms with Crippen molar-refractivity contribution in [2.24, 2.45) is 0 Å². The number of benzene rings is 1. The topological polar surface area (TPSA) is 80.4 Å². The fraction of sp³-hybridized carbons (Fsp3) is 0. The number of nitro groups is 1. The molecule has 1 rings (SSSR count). The number of carboxylic acid groups (broad SMARTS) is 1. The molecule has 15 heavy (non-hydrogen) atoms. The van der Waals surface area contributed by atoms with Crippen LogP contribution in [0.15, 0.2) is 24.3 Å². The lowest BCUT2D eigenvalue weighted by molar-refractivity contribution is -0.384. The first-order chi connectivity index (χ1) is 7.00. The molecule has 6 heteroatoms. The predicted octanol–water partition coefficient (Wildman–Crippen LogP) is 2.35. The number of carbonyl (C=O) groups is 1. The Labute approximate surface area is 89.7 Å². The van der Waals surface area contributed by atoms with E-state index >= 15 is 0 Å². The Hall–Kier alpha value is -1.88. The molecule has 1 N–H and O–H groups in total. The molecule has 0 spiro atoms. The van der Waals surface area contributed by atoms with Crippen molar-refractivity contribution < 1.29 is 14.8 Å². The van der Waals surface area contributed by atoms with Crippen molar-refractivity contribution in [3.63, 3.8) is 0 Å². The van der Waals surface area contributed by atoms with E-state index in [4.69, 9.17) is 16.7 Å². The minimum Gasteiger partial charge on any atom is -0.478 e. The van der Waals surface area contributed by atoms with E-state index in [0.717, 1.165) is 6.08 Å². The predicted molar refractivity (Wildman–Crippen MR) is 54.8 cm³/mol. The molecule has 1 aromatic carbocycles. The summed E-state index contributed by atoms with van der Waals surface area (Å²) in [6, 6.07) is 3.98. The number of rotatable bonds is 3. The molecule has 0 bridgehead atoms. The third kappa shape index (κ3) is 3.07. The van der Waals surface area contributed by atoms with Crippen LogP contribution in [0.1, 0.15) is 5.56 Å². The highest BCUT2D eigenvalue weighted by atomic mass is 35.5. The van der Waals surface area contributed by atoms with Crippen LogP contribution in [0.25, 0.3) is 6.08 Å². The number of halogens is 1. The Bertz CT molecular complexity index is 442. The Kier molecular flexibility index (Phi) is 3.41. The largest absolute Gasteiger partial charge is 0.478 e. The number of hydrogen-bond donors (Lipinski definition) is 1. The second-order valence-electron chi connectivity index (χ2n) is 2.64. The van der Waals surface area contributed by atoms with Crippen LogP contribution in [0.2, 0.25) is 5.02 Å². The summed E-state index contributed by atoms with van der Waals surface area (Å²) >= 11 is 5.62. The van der Waals surface area contributed by atoms with Crippen LogP contribution in [-0.2, 0) is 4.79 Å². The molecule has 0 unspecified atom stereocenters. The quantitative estimate of drug-likeness (QED) is 0.488. The molecule has 5 nitrogen and oxygen atoms in total. The molecule has 0 heterocycles. The molecule has 0 saturated heterocycles. The minimum absolute atomic E-state index is 0.0208. The molecule has 0 saturated carbocycles. The van der Waals surface area contributed by atoms with Gasteiger partial charge in [0.05, 0.1) is 4.92 Å². The maximum Gasteiger partial charge on any atom is 0.328 e. The van der Waals surface area contributed by atoms with Gasteiger partial charge in [0.1, 0.15) is 5.02 Å². The highest BCUT2D eigenvalue weighted by molar-refractivity contribution is 6.32. The molecular weight excluding hydrogens is 222 g/mol. The molecule has 78 valence electrons. The van der Waals surface area contributed by atoms with Crippen molar-refractivity contribution in [1.82, 2.24) is 0 Å². The van der Waals surface area contributed by atoms with Crippen LogP contribution in [0.4, 0.5) is 5.69 Å². The van der Waals surface area contributed by atoms with E-state index in [0.29, 0.717) is 5.56 Å². The van der Waals surface area contributed by atoms with Crippen LogP contribution in [0.3, 0.4) is 0 Å². The molecule has 0 aliphatic heterocycles. The zero-order valence-electron chi connectivity index (χ0n) is 7.38. The molecule has 0 aliphatic carbocycles. The van der Waals surface area contributed by atoms with Gasteiger partial charge in [-0.2, -0.15) is 0 Å². The lowest BCUT2D eigenvalue weighted by Gasteiger charge is -1.96. The van der Waals surface area contributed by atoms with Crippen LogP contribution in [0, 0.1) is 10.1 Å². The van der Waals surface area contributed by atoms with Crippen LogP contribution < -0.4 is 0 Å². The van der Waals surface area contributed by atoms with Gasteiger partial charge >= 0.3 is 5.97 Å².